The van der Waals surface area contributed by atoms with Crippen molar-refractivity contribution in [3.8, 4) is 0 Å². The molecule has 2 aliphatic carbocycles. The van der Waals surface area contributed by atoms with E-state index in [-0.39, 0.29) is 13.1 Å². The number of halogens is 17. The smallest absolute Gasteiger partial charge is 0.273 e. The van der Waals surface area contributed by atoms with Crippen molar-refractivity contribution in [3.05, 3.63) is 104 Å². The maximum absolute atomic E-state index is 16.8. The average molecular weight is 703 g/mol. The molecule has 0 aliphatic heterocycles. The van der Waals surface area contributed by atoms with Crippen molar-refractivity contribution in [2.24, 2.45) is 0 Å². The highest BCUT2D eigenvalue weighted by Crippen LogP contribution is 2.59. The minimum Gasteiger partial charge on any atom is -0.331 e. The number of anilines is 1. The monoisotopic (exact) mass is 703 g/mol. The molecular formula is C30H6F17N. The van der Waals surface area contributed by atoms with Crippen LogP contribution in [-0.4, -0.2) is 19.0 Å². The van der Waals surface area contributed by atoms with E-state index in [9.17, 15) is 30.7 Å². The molecule has 2 aliphatic rings. The lowest BCUT2D eigenvalue weighted by molar-refractivity contribution is 0.0863. The molecule has 0 heterocycles. The van der Waals surface area contributed by atoms with Crippen LogP contribution in [0, 0.1) is 69.8 Å². The molecule has 0 amide bonds. The van der Waals surface area contributed by atoms with Crippen LogP contribution in [-0.2, 0) is 0 Å². The highest BCUT2D eigenvalue weighted by atomic mass is 19.2. The number of alkyl halides is 3. The number of hydrogen-bond donors (Lipinski definition) is 0. The van der Waals surface area contributed by atoms with Crippen molar-refractivity contribution in [3.63, 3.8) is 0 Å². The molecule has 0 bridgehead atoms. The van der Waals surface area contributed by atoms with Crippen LogP contribution in [0.3, 0.4) is 0 Å². The molecule has 48 heavy (non-hydrogen) atoms. The largest absolute Gasteiger partial charge is 0.331 e. The Hall–Kier alpha value is -4.77. The van der Waals surface area contributed by atoms with Crippen LogP contribution >= 0.6 is 0 Å². The van der Waals surface area contributed by atoms with Crippen molar-refractivity contribution in [2.45, 2.75) is 18.1 Å². The van der Waals surface area contributed by atoms with Gasteiger partial charge in [0, 0.05) is 51.5 Å². The SMILES string of the molecule is CN(c1c(F)c(F)c2c(F)c(F)c3c(F)c(F)c(F)c4c(F)c(F)c1c2c34)C1(F)C(F)=C(F)C2=C(c3c(F)c(F)cc(F)c3C2F)C1F. The van der Waals surface area contributed by atoms with Crippen molar-refractivity contribution >= 4 is 43.6 Å². The third-order valence-corrected chi connectivity index (χ3v) is 8.62. The molecule has 3 unspecified atom stereocenters. The van der Waals surface area contributed by atoms with E-state index in [1.807, 2.05) is 0 Å². The third kappa shape index (κ3) is 3.35. The zero-order chi connectivity index (χ0) is 35.4. The molecule has 0 radical (unpaired) electrons. The van der Waals surface area contributed by atoms with Crippen LogP contribution in [0.4, 0.5) is 80.3 Å². The van der Waals surface area contributed by atoms with Crippen LogP contribution < -0.4 is 4.90 Å². The number of likely N-dealkylation sites (N-methyl/N-ethyl adjacent to an activating group) is 1. The van der Waals surface area contributed by atoms with E-state index in [0.29, 0.717) is 0 Å². The predicted molar refractivity (Wildman–Crippen MR) is 133 cm³/mol. The van der Waals surface area contributed by atoms with Gasteiger partial charge in [-0.3, -0.25) is 0 Å². The summed E-state index contributed by atoms with van der Waals surface area (Å²) in [6.45, 7) is 0. The second-order valence-electron chi connectivity index (χ2n) is 10.8. The van der Waals surface area contributed by atoms with Crippen LogP contribution in [0.15, 0.2) is 23.3 Å². The molecule has 18 heteroatoms. The number of fused-ring (bicyclic) bond motifs is 2. The van der Waals surface area contributed by atoms with E-state index in [2.05, 4.69) is 0 Å². The van der Waals surface area contributed by atoms with Gasteiger partial charge in [0.25, 0.3) is 5.79 Å². The molecule has 3 atom stereocenters. The summed E-state index contributed by atoms with van der Waals surface area (Å²) in [6.07, 6.45) is -7.39. The summed E-state index contributed by atoms with van der Waals surface area (Å²) in [6, 6.07) is -0.265. The molecule has 1 nitrogen and oxygen atoms in total. The number of benzene rings is 5. The van der Waals surface area contributed by atoms with Gasteiger partial charge in [0.15, 0.2) is 88.0 Å². The minimum absolute atomic E-state index is 0.0138. The van der Waals surface area contributed by atoms with Crippen LogP contribution in [0.5, 0.6) is 0 Å². The number of nitrogens with zero attached hydrogens (tertiary/aromatic N) is 1. The molecule has 5 aromatic rings. The molecule has 0 N–H and O–H groups in total. The lowest BCUT2D eigenvalue weighted by atomic mass is 9.85. The Balaban J connectivity index is 1.61. The van der Waals surface area contributed by atoms with Crippen LogP contribution in [0.2, 0.25) is 0 Å². The van der Waals surface area contributed by atoms with E-state index in [1.165, 1.54) is 0 Å². The minimum atomic E-state index is -5.06. The van der Waals surface area contributed by atoms with Gasteiger partial charge in [0.05, 0.1) is 21.8 Å². The lowest BCUT2D eigenvalue weighted by Crippen LogP contribution is -2.53. The fourth-order valence-corrected chi connectivity index (χ4v) is 6.51. The lowest BCUT2D eigenvalue weighted by Gasteiger charge is -2.41. The van der Waals surface area contributed by atoms with Crippen molar-refractivity contribution in [1.29, 1.82) is 0 Å². The highest BCUT2D eigenvalue weighted by Gasteiger charge is 2.61. The summed E-state index contributed by atoms with van der Waals surface area (Å²) < 4.78 is 258. The Labute approximate surface area is 253 Å². The number of hydrogen-bond acceptors (Lipinski definition) is 1. The summed E-state index contributed by atoms with van der Waals surface area (Å²) in [5.74, 6) is -41.3. The predicted octanol–water partition coefficient (Wildman–Crippen LogP) is 10.3. The second-order valence-corrected chi connectivity index (χ2v) is 10.8. The molecule has 0 spiro atoms. The summed E-state index contributed by atoms with van der Waals surface area (Å²) in [5, 5.41) is -11.5. The van der Waals surface area contributed by atoms with Gasteiger partial charge in [-0.2, -0.15) is 0 Å². The summed E-state index contributed by atoms with van der Waals surface area (Å²) in [5.41, 5.74) is -9.47. The first-order chi connectivity index (χ1) is 22.3. The molecule has 250 valence electrons. The Kier molecular flexibility index (Phi) is 6.40. The maximum Gasteiger partial charge on any atom is 0.273 e. The van der Waals surface area contributed by atoms with Crippen LogP contribution in [0.25, 0.3) is 37.9 Å². The maximum atomic E-state index is 16.8. The average Bonchev–Trinajstić information content (AvgIpc) is 3.35. The zero-order valence-corrected chi connectivity index (χ0v) is 22.6. The molecule has 0 saturated heterocycles. The molecule has 0 aromatic heterocycles. The number of rotatable bonds is 2. The Morgan fingerprint density at radius 1 is 0.521 bits per heavy atom. The second kappa shape index (κ2) is 9.65. The zero-order valence-electron chi connectivity index (χ0n) is 22.6. The summed E-state index contributed by atoms with van der Waals surface area (Å²) in [7, 11) is -0.0138. The first-order valence-electron chi connectivity index (χ1n) is 12.9. The van der Waals surface area contributed by atoms with Crippen molar-refractivity contribution in [1.82, 2.24) is 0 Å². The fourth-order valence-electron chi connectivity index (χ4n) is 6.51. The first-order valence-corrected chi connectivity index (χ1v) is 12.9. The standard InChI is InChI=1S/C30H6F17N/c1-48(30(47)28(45)9-8-5(3(31)2-4(32)15(8)33)16(34)13(9)24(42)29(30)46)27-14-7-6-10(17(35)18(36)12(7)22(40)26(27)44)20(38)25(43)21(39)11(6)19(37)23(14)41/h2,16,28H,1H3. The highest BCUT2D eigenvalue weighted by molar-refractivity contribution is 6.26. The Morgan fingerprint density at radius 3 is 1.48 bits per heavy atom. The normalized spacial score (nSPS) is 21.0. The Morgan fingerprint density at radius 2 is 0.958 bits per heavy atom. The van der Waals surface area contributed by atoms with Gasteiger partial charge in [-0.25, -0.2) is 74.6 Å². The molecular weight excluding hydrogens is 697 g/mol. The van der Waals surface area contributed by atoms with Gasteiger partial charge in [0.1, 0.15) is 5.82 Å². The number of allylic oxidation sites excluding steroid dienone is 2. The summed E-state index contributed by atoms with van der Waals surface area (Å²) >= 11 is 0. The van der Waals surface area contributed by atoms with Crippen molar-refractivity contribution in [2.75, 3.05) is 11.9 Å². The Bertz CT molecular complexity index is 2390. The van der Waals surface area contributed by atoms with E-state index >= 15 is 43.9 Å². The first kappa shape index (κ1) is 31.8. The van der Waals surface area contributed by atoms with E-state index in [1.54, 1.807) is 0 Å². The van der Waals surface area contributed by atoms with Gasteiger partial charge in [0.2, 0.25) is 0 Å². The van der Waals surface area contributed by atoms with Gasteiger partial charge < -0.3 is 4.90 Å². The molecule has 5 aromatic carbocycles. The quantitative estimate of drug-likeness (QED) is 0.0582. The topological polar surface area (TPSA) is 3.24 Å². The fraction of sp³-hybridized carbons (Fsp3) is 0.133. The summed E-state index contributed by atoms with van der Waals surface area (Å²) in [4.78, 5) is -0.858. The van der Waals surface area contributed by atoms with Crippen LogP contribution in [0.1, 0.15) is 17.3 Å². The van der Waals surface area contributed by atoms with Crippen molar-refractivity contribution < 1.29 is 74.6 Å². The van der Waals surface area contributed by atoms with Gasteiger partial charge >= 0.3 is 0 Å². The van der Waals surface area contributed by atoms with E-state index in [0.717, 1.165) is 0 Å². The molecule has 7 rings (SSSR count). The van der Waals surface area contributed by atoms with Gasteiger partial charge in [-0.15, -0.1) is 0 Å². The third-order valence-electron chi connectivity index (χ3n) is 8.62. The van der Waals surface area contributed by atoms with E-state index in [4.69, 9.17) is 0 Å². The van der Waals surface area contributed by atoms with E-state index < -0.39 is 165 Å². The van der Waals surface area contributed by atoms with Gasteiger partial charge in [-0.05, 0) is 0 Å². The van der Waals surface area contributed by atoms with Gasteiger partial charge in [-0.1, -0.05) is 0 Å². The molecule has 0 saturated carbocycles. The molecule has 0 fully saturated rings.